The molecule has 198 valence electrons. The number of aromatic nitrogens is 2. The van der Waals surface area contributed by atoms with Crippen molar-refractivity contribution in [3.63, 3.8) is 0 Å². The van der Waals surface area contributed by atoms with Crippen LogP contribution in [-0.4, -0.2) is 59.6 Å². The highest BCUT2D eigenvalue weighted by molar-refractivity contribution is 6.01. The molecule has 3 aliphatic rings. The summed E-state index contributed by atoms with van der Waals surface area (Å²) in [6, 6.07) is 15.7. The maximum Gasteiger partial charge on any atom is 0.256 e. The molecule has 1 amide bonds. The molecule has 0 saturated carbocycles. The number of nitrogens with one attached hydrogen (secondary N) is 1. The molecule has 3 aliphatic heterocycles. The first-order valence-electron chi connectivity index (χ1n) is 13.8. The van der Waals surface area contributed by atoms with Gasteiger partial charge in [-0.3, -0.25) is 14.6 Å². The lowest BCUT2D eigenvalue weighted by molar-refractivity contribution is 0.0948. The van der Waals surface area contributed by atoms with Gasteiger partial charge in [0.2, 0.25) is 5.43 Å². The monoisotopic (exact) mass is 521 g/mol. The number of ether oxygens (including phenoxy) is 1. The van der Waals surface area contributed by atoms with Gasteiger partial charge in [-0.1, -0.05) is 18.2 Å². The van der Waals surface area contributed by atoms with E-state index in [1.807, 2.05) is 53.2 Å². The smallest absolute Gasteiger partial charge is 0.256 e. The molecule has 0 spiro atoms. The lowest BCUT2D eigenvalue weighted by Crippen LogP contribution is -2.36. The van der Waals surface area contributed by atoms with Crippen LogP contribution in [0.4, 0.5) is 5.69 Å². The Bertz CT molecular complexity index is 1610. The van der Waals surface area contributed by atoms with Crippen molar-refractivity contribution in [1.82, 2.24) is 19.8 Å². The molecule has 1 unspecified atom stereocenters. The third-order valence-corrected chi connectivity index (χ3v) is 8.28. The molecule has 1 atom stereocenters. The average Bonchev–Trinajstić information content (AvgIpc) is 3.68. The van der Waals surface area contributed by atoms with Gasteiger partial charge in [0.05, 0.1) is 16.8 Å². The van der Waals surface area contributed by atoms with Gasteiger partial charge in [-0.15, -0.1) is 0 Å². The summed E-state index contributed by atoms with van der Waals surface area (Å²) in [5.41, 5.74) is 3.59. The Labute approximate surface area is 226 Å². The predicted octanol–water partition coefficient (Wildman–Crippen LogP) is 4.31. The zero-order valence-electron chi connectivity index (χ0n) is 21.8. The molecular weight excluding hydrogens is 490 g/mol. The van der Waals surface area contributed by atoms with Crippen molar-refractivity contribution in [3.05, 3.63) is 88.5 Å². The number of hydrogen-bond donors (Lipinski definition) is 1. The zero-order valence-corrected chi connectivity index (χ0v) is 21.8. The van der Waals surface area contributed by atoms with Crippen LogP contribution in [0.3, 0.4) is 0 Å². The van der Waals surface area contributed by atoms with E-state index >= 15 is 0 Å². The van der Waals surface area contributed by atoms with Gasteiger partial charge < -0.3 is 24.4 Å². The highest BCUT2D eigenvalue weighted by Gasteiger charge is 2.31. The summed E-state index contributed by atoms with van der Waals surface area (Å²) < 4.78 is 8.45. The van der Waals surface area contributed by atoms with Crippen LogP contribution in [0, 0.1) is 0 Å². The Hall–Kier alpha value is -4.17. The minimum absolute atomic E-state index is 0.150. The van der Waals surface area contributed by atoms with Crippen molar-refractivity contribution in [2.75, 3.05) is 44.2 Å². The van der Waals surface area contributed by atoms with E-state index in [2.05, 4.69) is 26.2 Å². The van der Waals surface area contributed by atoms with E-state index in [9.17, 15) is 9.59 Å². The molecule has 2 aromatic heterocycles. The van der Waals surface area contributed by atoms with E-state index in [0.29, 0.717) is 34.9 Å². The van der Waals surface area contributed by atoms with Crippen LogP contribution in [0.5, 0.6) is 11.5 Å². The summed E-state index contributed by atoms with van der Waals surface area (Å²) in [6.07, 6.45) is 8.86. The molecular formula is C31H31N5O3. The van der Waals surface area contributed by atoms with Gasteiger partial charge in [-0.05, 0) is 68.2 Å². The summed E-state index contributed by atoms with van der Waals surface area (Å²) >= 11 is 0. The molecule has 39 heavy (non-hydrogen) atoms. The number of anilines is 1. The second kappa shape index (κ2) is 9.85. The number of hydrogen-bond acceptors (Lipinski definition) is 6. The van der Waals surface area contributed by atoms with E-state index in [4.69, 9.17) is 4.74 Å². The summed E-state index contributed by atoms with van der Waals surface area (Å²) in [6.45, 7) is 5.18. The van der Waals surface area contributed by atoms with Crippen LogP contribution >= 0.6 is 0 Å². The molecule has 4 aromatic rings. The number of nitrogens with zero attached hydrogens (tertiary/aromatic N) is 4. The Balaban J connectivity index is 1.26. The van der Waals surface area contributed by atoms with Crippen LogP contribution < -0.4 is 20.4 Å². The highest BCUT2D eigenvalue weighted by Crippen LogP contribution is 2.46. The maximum atomic E-state index is 13.7. The summed E-state index contributed by atoms with van der Waals surface area (Å²) in [5.74, 6) is 1.41. The van der Waals surface area contributed by atoms with Gasteiger partial charge in [0, 0.05) is 50.7 Å². The quantitative estimate of drug-likeness (QED) is 0.359. The van der Waals surface area contributed by atoms with Crippen LogP contribution in [0.15, 0.2) is 71.9 Å². The molecule has 0 bridgehead atoms. The van der Waals surface area contributed by atoms with E-state index in [-0.39, 0.29) is 16.9 Å². The summed E-state index contributed by atoms with van der Waals surface area (Å²) in [7, 11) is 0. The molecule has 0 aliphatic carbocycles. The number of fused-ring (bicyclic) bond motifs is 2. The van der Waals surface area contributed by atoms with E-state index in [1.165, 1.54) is 18.4 Å². The Morgan fingerprint density at radius 2 is 1.90 bits per heavy atom. The first kappa shape index (κ1) is 23.9. The minimum atomic E-state index is -0.335. The first-order chi connectivity index (χ1) is 19.2. The van der Waals surface area contributed by atoms with E-state index < -0.39 is 0 Å². The molecule has 7 rings (SSSR count). The van der Waals surface area contributed by atoms with Crippen molar-refractivity contribution in [2.45, 2.75) is 25.2 Å². The first-order valence-corrected chi connectivity index (χ1v) is 13.8. The molecule has 2 aromatic carbocycles. The Morgan fingerprint density at radius 1 is 1.03 bits per heavy atom. The van der Waals surface area contributed by atoms with Gasteiger partial charge in [0.15, 0.2) is 11.5 Å². The number of carbonyl (C=O) groups excluding carboxylic acids is 1. The molecule has 2 saturated heterocycles. The SMILES string of the molecule is O=C(NCCN1CCCC1)c1cn2c3c(c(N4CCC(c5cccnc5)C4)ccc3c1=O)Oc1ccccc1-2. The second-order valence-electron chi connectivity index (χ2n) is 10.6. The van der Waals surface area contributed by atoms with E-state index in [0.717, 1.165) is 50.5 Å². The molecule has 8 nitrogen and oxygen atoms in total. The molecule has 1 N–H and O–H groups in total. The number of likely N-dealkylation sites (tertiary alicyclic amines) is 1. The lowest BCUT2D eigenvalue weighted by Gasteiger charge is -2.29. The predicted molar refractivity (Wildman–Crippen MR) is 151 cm³/mol. The number of rotatable bonds is 6. The topological polar surface area (TPSA) is 79.7 Å². The number of carbonyl (C=O) groups is 1. The fraction of sp³-hybridized carbons (Fsp3) is 0.323. The summed E-state index contributed by atoms with van der Waals surface area (Å²) in [5, 5.41) is 3.46. The van der Waals surface area contributed by atoms with Gasteiger partial charge in [0.1, 0.15) is 11.1 Å². The van der Waals surface area contributed by atoms with Gasteiger partial charge in [-0.2, -0.15) is 0 Å². The van der Waals surface area contributed by atoms with Crippen molar-refractivity contribution in [1.29, 1.82) is 0 Å². The van der Waals surface area contributed by atoms with Crippen LogP contribution in [0.2, 0.25) is 0 Å². The van der Waals surface area contributed by atoms with Gasteiger partial charge in [-0.25, -0.2) is 0 Å². The molecule has 2 fully saturated rings. The number of pyridine rings is 2. The zero-order chi connectivity index (χ0) is 26.3. The average molecular weight is 522 g/mol. The van der Waals surface area contributed by atoms with Crippen molar-refractivity contribution in [3.8, 4) is 17.2 Å². The Morgan fingerprint density at radius 3 is 2.74 bits per heavy atom. The highest BCUT2D eigenvalue weighted by atomic mass is 16.5. The number of amides is 1. The Kier molecular flexibility index (Phi) is 6.04. The number of benzene rings is 2. The van der Waals surface area contributed by atoms with Crippen molar-refractivity contribution < 1.29 is 9.53 Å². The fourth-order valence-electron chi connectivity index (χ4n) is 6.23. The summed E-state index contributed by atoms with van der Waals surface area (Å²) in [4.78, 5) is 35.9. The van der Waals surface area contributed by atoms with Crippen LogP contribution in [0.1, 0.15) is 41.1 Å². The van der Waals surface area contributed by atoms with Gasteiger partial charge >= 0.3 is 0 Å². The van der Waals surface area contributed by atoms with Crippen molar-refractivity contribution >= 4 is 22.5 Å². The fourth-order valence-corrected chi connectivity index (χ4v) is 6.23. The maximum absolute atomic E-state index is 13.7. The third kappa shape index (κ3) is 4.25. The van der Waals surface area contributed by atoms with Crippen LogP contribution in [0.25, 0.3) is 16.6 Å². The minimum Gasteiger partial charge on any atom is -0.451 e. The molecule has 8 heteroatoms. The van der Waals surface area contributed by atoms with E-state index in [1.54, 1.807) is 12.4 Å². The standard InChI is InChI=1S/C31H31N5O3/c37-29-23-9-10-26(35-16-11-22(19-35)21-6-5-12-32-18-21)30-28(23)36(25-7-1-2-8-27(25)39-30)20-24(29)31(38)33-13-17-34-14-3-4-15-34/h1-2,5-10,12,18,20,22H,3-4,11,13-17,19H2,(H,33,38). The number of para-hydroxylation sites is 2. The van der Waals surface area contributed by atoms with Crippen molar-refractivity contribution in [2.24, 2.45) is 0 Å². The largest absolute Gasteiger partial charge is 0.451 e. The second-order valence-corrected chi connectivity index (χ2v) is 10.6. The van der Waals surface area contributed by atoms with Crippen LogP contribution in [-0.2, 0) is 0 Å². The van der Waals surface area contributed by atoms with Gasteiger partial charge in [0.25, 0.3) is 5.91 Å². The molecule has 0 radical (unpaired) electrons. The third-order valence-electron chi connectivity index (χ3n) is 8.28. The lowest BCUT2D eigenvalue weighted by atomic mass is 10.0. The normalized spacial score (nSPS) is 18.3. The molecule has 5 heterocycles.